The molecule has 0 fully saturated rings. The van der Waals surface area contributed by atoms with Crippen LogP contribution in [-0.2, 0) is 14.3 Å². The van der Waals surface area contributed by atoms with E-state index in [1.165, 1.54) is 28.0 Å². The van der Waals surface area contributed by atoms with Gasteiger partial charge in [-0.1, -0.05) is 30.3 Å². The van der Waals surface area contributed by atoms with E-state index in [-0.39, 0.29) is 30.5 Å². The molecular weight excluding hydrogens is 492 g/mol. The molecular formula is C27H32N4O7. The molecule has 1 aliphatic heterocycles. The first kappa shape index (κ1) is 28.3. The summed E-state index contributed by atoms with van der Waals surface area (Å²) >= 11 is 0. The SMILES string of the molecule is CC1=NC(=O)N(CCCN(C)C(=O)COc2ccccc2)C(c2cccc([N+](=O)[O-])c2)C1C(=O)OC(C)C. The number of ether oxygens (including phenoxy) is 2. The molecule has 2 aromatic rings. The van der Waals surface area contributed by atoms with Crippen LogP contribution in [0.2, 0.25) is 0 Å². The van der Waals surface area contributed by atoms with Gasteiger partial charge in [0.15, 0.2) is 6.61 Å². The zero-order valence-electron chi connectivity index (χ0n) is 21.9. The first-order valence-electron chi connectivity index (χ1n) is 12.3. The van der Waals surface area contributed by atoms with Crippen LogP contribution >= 0.6 is 0 Å². The molecule has 0 aliphatic carbocycles. The highest BCUT2D eigenvalue weighted by molar-refractivity contribution is 6.08. The lowest BCUT2D eigenvalue weighted by molar-refractivity contribution is -0.385. The summed E-state index contributed by atoms with van der Waals surface area (Å²) in [7, 11) is 1.64. The van der Waals surface area contributed by atoms with E-state index in [0.717, 1.165) is 0 Å². The number of para-hydroxylation sites is 1. The average molecular weight is 525 g/mol. The minimum atomic E-state index is -0.935. The van der Waals surface area contributed by atoms with E-state index in [9.17, 15) is 24.5 Å². The molecule has 2 unspecified atom stereocenters. The second kappa shape index (κ2) is 12.8. The van der Waals surface area contributed by atoms with Crippen LogP contribution < -0.4 is 4.74 Å². The van der Waals surface area contributed by atoms with Gasteiger partial charge in [0, 0.05) is 38.0 Å². The summed E-state index contributed by atoms with van der Waals surface area (Å²) < 4.78 is 11.0. The first-order chi connectivity index (χ1) is 18.1. The number of nitro benzene ring substituents is 1. The number of aliphatic imine (C=N–C) groups is 1. The van der Waals surface area contributed by atoms with E-state index >= 15 is 0 Å². The summed E-state index contributed by atoms with van der Waals surface area (Å²) in [5.41, 5.74) is 0.543. The maximum Gasteiger partial charge on any atom is 0.344 e. The van der Waals surface area contributed by atoms with Gasteiger partial charge in [-0.05, 0) is 44.9 Å². The summed E-state index contributed by atoms with van der Waals surface area (Å²) in [6.45, 7) is 5.34. The Hall–Kier alpha value is -4.28. The summed E-state index contributed by atoms with van der Waals surface area (Å²) in [5, 5.41) is 11.4. The average Bonchev–Trinajstić information content (AvgIpc) is 2.88. The van der Waals surface area contributed by atoms with Gasteiger partial charge in [-0.3, -0.25) is 19.7 Å². The second-order valence-corrected chi connectivity index (χ2v) is 9.26. The number of urea groups is 1. The minimum Gasteiger partial charge on any atom is -0.484 e. The molecule has 0 saturated heterocycles. The van der Waals surface area contributed by atoms with Crippen molar-refractivity contribution < 1.29 is 28.8 Å². The number of carbonyl (C=O) groups excluding carboxylic acids is 3. The van der Waals surface area contributed by atoms with Crippen LogP contribution in [0, 0.1) is 16.0 Å². The molecule has 2 aromatic carbocycles. The summed E-state index contributed by atoms with van der Waals surface area (Å²) in [6.07, 6.45) is -0.0180. The molecule has 2 atom stereocenters. The van der Waals surface area contributed by atoms with Crippen molar-refractivity contribution in [3.8, 4) is 5.75 Å². The lowest BCUT2D eigenvalue weighted by Crippen LogP contribution is -2.48. The van der Waals surface area contributed by atoms with E-state index in [4.69, 9.17) is 9.47 Å². The van der Waals surface area contributed by atoms with Crippen LogP contribution in [0.3, 0.4) is 0 Å². The van der Waals surface area contributed by atoms with E-state index in [1.54, 1.807) is 46.0 Å². The molecule has 1 aliphatic rings. The van der Waals surface area contributed by atoms with Crippen molar-refractivity contribution in [3.05, 3.63) is 70.3 Å². The molecule has 3 amide bonds. The number of esters is 1. The highest BCUT2D eigenvalue weighted by Crippen LogP contribution is 2.36. The number of carbonyl (C=O) groups is 3. The van der Waals surface area contributed by atoms with Crippen LogP contribution in [0.25, 0.3) is 0 Å². The van der Waals surface area contributed by atoms with Gasteiger partial charge in [-0.15, -0.1) is 0 Å². The normalized spacial score (nSPS) is 17.1. The van der Waals surface area contributed by atoms with Crippen molar-refractivity contribution in [2.45, 2.75) is 39.3 Å². The molecule has 202 valence electrons. The van der Waals surface area contributed by atoms with Crippen LogP contribution in [0.15, 0.2) is 59.6 Å². The lowest BCUT2D eigenvalue weighted by atomic mass is 9.86. The Morgan fingerprint density at radius 1 is 1.16 bits per heavy atom. The van der Waals surface area contributed by atoms with E-state index < -0.39 is 35.0 Å². The molecule has 0 spiro atoms. The number of likely N-dealkylation sites (N-methyl/N-ethyl adjacent to an activating group) is 1. The van der Waals surface area contributed by atoms with Gasteiger partial charge in [-0.2, -0.15) is 0 Å². The number of rotatable bonds is 11. The quantitative estimate of drug-likeness (QED) is 0.246. The third-order valence-corrected chi connectivity index (χ3v) is 6.07. The highest BCUT2D eigenvalue weighted by atomic mass is 16.6. The number of nitro groups is 1. The predicted octanol–water partition coefficient (Wildman–Crippen LogP) is 4.03. The fraction of sp³-hybridized carbons (Fsp3) is 0.407. The van der Waals surface area contributed by atoms with Crippen molar-refractivity contribution in [1.82, 2.24) is 9.80 Å². The van der Waals surface area contributed by atoms with Crippen molar-refractivity contribution in [2.24, 2.45) is 10.9 Å². The fourth-order valence-electron chi connectivity index (χ4n) is 4.22. The number of hydrogen-bond acceptors (Lipinski definition) is 7. The number of hydrogen-bond donors (Lipinski definition) is 0. The Labute approximate surface area is 221 Å². The molecule has 0 aromatic heterocycles. The molecule has 1 heterocycles. The molecule has 0 bridgehead atoms. The van der Waals surface area contributed by atoms with Gasteiger partial charge < -0.3 is 19.3 Å². The number of nitrogens with zero attached hydrogens (tertiary/aromatic N) is 4. The topological polar surface area (TPSA) is 132 Å². The molecule has 38 heavy (non-hydrogen) atoms. The van der Waals surface area contributed by atoms with Gasteiger partial charge in [0.1, 0.15) is 11.7 Å². The molecule has 0 saturated carbocycles. The zero-order valence-corrected chi connectivity index (χ0v) is 21.9. The zero-order chi connectivity index (χ0) is 27.8. The molecule has 3 rings (SSSR count). The summed E-state index contributed by atoms with van der Waals surface area (Å²) in [4.78, 5) is 56.5. The third-order valence-electron chi connectivity index (χ3n) is 6.07. The fourth-order valence-corrected chi connectivity index (χ4v) is 4.22. The van der Waals surface area contributed by atoms with Crippen molar-refractivity contribution >= 4 is 29.3 Å². The number of amides is 3. The Kier molecular flexibility index (Phi) is 9.53. The van der Waals surface area contributed by atoms with Crippen LogP contribution in [0.1, 0.15) is 38.8 Å². The van der Waals surface area contributed by atoms with Gasteiger partial charge in [0.05, 0.1) is 17.1 Å². The van der Waals surface area contributed by atoms with Crippen molar-refractivity contribution in [1.29, 1.82) is 0 Å². The van der Waals surface area contributed by atoms with Crippen molar-refractivity contribution in [3.63, 3.8) is 0 Å². The van der Waals surface area contributed by atoms with Gasteiger partial charge >= 0.3 is 12.0 Å². The largest absolute Gasteiger partial charge is 0.484 e. The Bertz CT molecular complexity index is 1200. The molecule has 11 heteroatoms. The maximum atomic E-state index is 13.1. The van der Waals surface area contributed by atoms with Crippen molar-refractivity contribution in [2.75, 3.05) is 26.7 Å². The van der Waals surface area contributed by atoms with Crippen LogP contribution in [0.5, 0.6) is 5.75 Å². The number of non-ortho nitro benzene ring substituents is 1. The monoisotopic (exact) mass is 524 g/mol. The van der Waals surface area contributed by atoms with Crippen LogP contribution in [-0.4, -0.2) is 71.2 Å². The third kappa shape index (κ3) is 7.15. The highest BCUT2D eigenvalue weighted by Gasteiger charge is 2.43. The van der Waals surface area contributed by atoms with E-state index in [2.05, 4.69) is 4.99 Å². The standard InChI is InChI=1S/C27H32N4O7/c1-18(2)38-26(33)24-19(3)28-27(34)30(25(24)20-10-8-11-21(16-20)31(35)36)15-9-14-29(4)23(32)17-37-22-12-6-5-7-13-22/h5-8,10-13,16,18,24-25H,9,14-15,17H2,1-4H3. The Morgan fingerprint density at radius 3 is 2.53 bits per heavy atom. The van der Waals surface area contributed by atoms with Gasteiger partial charge in [0.25, 0.3) is 11.6 Å². The first-order valence-corrected chi connectivity index (χ1v) is 12.3. The second-order valence-electron chi connectivity index (χ2n) is 9.26. The smallest absolute Gasteiger partial charge is 0.344 e. The predicted molar refractivity (Wildman–Crippen MR) is 140 cm³/mol. The van der Waals surface area contributed by atoms with E-state index in [1.807, 2.05) is 18.2 Å². The van der Waals surface area contributed by atoms with Gasteiger partial charge in [0.2, 0.25) is 0 Å². The minimum absolute atomic E-state index is 0.133. The Balaban J connectivity index is 1.77. The van der Waals surface area contributed by atoms with Gasteiger partial charge in [-0.25, -0.2) is 9.79 Å². The van der Waals surface area contributed by atoms with E-state index in [0.29, 0.717) is 24.3 Å². The number of benzene rings is 2. The molecule has 0 N–H and O–H groups in total. The summed E-state index contributed by atoms with van der Waals surface area (Å²) in [6, 6.07) is 13.4. The lowest BCUT2D eigenvalue weighted by Gasteiger charge is -2.39. The summed E-state index contributed by atoms with van der Waals surface area (Å²) in [5.74, 6) is -1.15. The molecule has 0 radical (unpaired) electrons. The maximum absolute atomic E-state index is 13.1. The van der Waals surface area contributed by atoms with Crippen LogP contribution in [0.4, 0.5) is 10.5 Å². The molecule has 11 nitrogen and oxygen atoms in total. The Morgan fingerprint density at radius 2 is 1.87 bits per heavy atom.